The van der Waals surface area contributed by atoms with E-state index in [1.54, 1.807) is 31.4 Å². The first-order chi connectivity index (χ1) is 14.8. The van der Waals surface area contributed by atoms with Crippen LogP contribution in [-0.4, -0.2) is 18.7 Å². The molecule has 3 aromatic rings. The van der Waals surface area contributed by atoms with Crippen molar-refractivity contribution < 1.29 is 12.8 Å². The molecule has 160 valence electrons. The number of benzene rings is 2. The van der Waals surface area contributed by atoms with Crippen molar-refractivity contribution in [2.75, 3.05) is 0 Å². The Kier molecular flexibility index (Phi) is 5.81. The second-order valence-electron chi connectivity index (χ2n) is 7.35. The third kappa shape index (κ3) is 4.34. The first-order valence-electron chi connectivity index (χ1n) is 9.64. The summed E-state index contributed by atoms with van der Waals surface area (Å²) in [6.45, 7) is 2.20. The van der Waals surface area contributed by atoms with E-state index in [0.717, 1.165) is 33.4 Å². The Bertz CT molecular complexity index is 1310. The summed E-state index contributed by atoms with van der Waals surface area (Å²) in [5, 5.41) is 0. The number of aliphatic imine (C=N–C) groups is 1. The van der Waals surface area contributed by atoms with E-state index in [2.05, 4.69) is 10.3 Å². The van der Waals surface area contributed by atoms with E-state index < -0.39 is 10.9 Å². The lowest BCUT2D eigenvalue weighted by molar-refractivity contribution is 0.574. The van der Waals surface area contributed by atoms with Gasteiger partial charge in [0.05, 0.1) is 11.8 Å². The van der Waals surface area contributed by atoms with E-state index in [1.807, 2.05) is 25.1 Å². The van der Waals surface area contributed by atoms with Crippen LogP contribution in [0.25, 0.3) is 11.1 Å². The smallest absolute Gasteiger partial charge is 0.250 e. The van der Waals surface area contributed by atoms with Crippen molar-refractivity contribution in [2.45, 2.75) is 19.5 Å². The second-order valence-corrected chi connectivity index (χ2v) is 8.09. The zero-order valence-corrected chi connectivity index (χ0v) is 17.8. The van der Waals surface area contributed by atoms with Gasteiger partial charge in [-0.3, -0.25) is 9.79 Å². The SMILES string of the molecule is C[C@@H]1N=C(c2ccc(F)cc2)c2ccc(CNN[SH](=O)=O)cc2-c2cn(C)c(=O)cc21. The zero-order valence-electron chi connectivity index (χ0n) is 16.9. The molecule has 0 radical (unpaired) electrons. The molecule has 1 aromatic heterocycles. The fourth-order valence-corrected chi connectivity index (χ4v) is 3.93. The van der Waals surface area contributed by atoms with Crippen LogP contribution in [0.1, 0.15) is 35.2 Å². The van der Waals surface area contributed by atoms with Gasteiger partial charge < -0.3 is 4.57 Å². The van der Waals surface area contributed by atoms with Crippen LogP contribution in [-0.2, 0) is 24.5 Å². The number of fused-ring (bicyclic) bond motifs is 3. The summed E-state index contributed by atoms with van der Waals surface area (Å²) in [4.78, 5) is 19.4. The number of aryl methyl sites for hydroxylation is 1. The maximum atomic E-state index is 13.5. The number of nitrogens with one attached hydrogen (secondary N) is 2. The fraction of sp³-hybridized carbons (Fsp3) is 0.182. The average molecular weight is 441 g/mol. The highest BCUT2D eigenvalue weighted by Crippen LogP contribution is 2.37. The molecule has 9 heteroatoms. The summed E-state index contributed by atoms with van der Waals surface area (Å²) < 4.78 is 36.5. The van der Waals surface area contributed by atoms with Crippen molar-refractivity contribution in [1.29, 1.82) is 0 Å². The summed E-state index contributed by atoms with van der Waals surface area (Å²) >= 11 is 0. The van der Waals surface area contributed by atoms with Gasteiger partial charge in [0, 0.05) is 42.5 Å². The van der Waals surface area contributed by atoms with Gasteiger partial charge in [-0.25, -0.2) is 18.2 Å². The van der Waals surface area contributed by atoms with Gasteiger partial charge in [0.25, 0.3) is 5.56 Å². The summed E-state index contributed by atoms with van der Waals surface area (Å²) in [7, 11) is -1.06. The Labute approximate surface area is 180 Å². The van der Waals surface area contributed by atoms with Gasteiger partial charge in [-0.15, -0.1) is 0 Å². The zero-order chi connectivity index (χ0) is 22.1. The summed E-state index contributed by atoms with van der Waals surface area (Å²) in [5.41, 5.74) is 8.22. The summed E-state index contributed by atoms with van der Waals surface area (Å²) in [6.07, 6.45) is 1.79. The van der Waals surface area contributed by atoms with E-state index >= 15 is 0 Å². The van der Waals surface area contributed by atoms with Gasteiger partial charge in [-0.05, 0) is 53.9 Å². The van der Waals surface area contributed by atoms with E-state index in [4.69, 9.17) is 4.99 Å². The molecule has 0 saturated carbocycles. The molecule has 1 atom stereocenters. The van der Waals surface area contributed by atoms with Crippen LogP contribution in [0.5, 0.6) is 0 Å². The third-order valence-electron chi connectivity index (χ3n) is 5.24. The van der Waals surface area contributed by atoms with Crippen molar-refractivity contribution >= 4 is 16.6 Å². The number of pyridine rings is 1. The Morgan fingerprint density at radius 1 is 1.06 bits per heavy atom. The van der Waals surface area contributed by atoms with Gasteiger partial charge in [0.15, 0.2) is 0 Å². The van der Waals surface area contributed by atoms with Crippen LogP contribution in [0.4, 0.5) is 4.39 Å². The molecule has 1 aliphatic rings. The van der Waals surface area contributed by atoms with Gasteiger partial charge in [-0.1, -0.05) is 12.1 Å². The predicted molar refractivity (Wildman–Crippen MR) is 118 cm³/mol. The molecular formula is C22H21FN4O3S. The highest BCUT2D eigenvalue weighted by molar-refractivity contribution is 7.70. The van der Waals surface area contributed by atoms with Gasteiger partial charge in [0.1, 0.15) is 5.82 Å². The molecule has 0 unspecified atom stereocenters. The van der Waals surface area contributed by atoms with Crippen molar-refractivity contribution in [1.82, 2.24) is 14.8 Å². The highest BCUT2D eigenvalue weighted by atomic mass is 32.2. The number of rotatable bonds is 5. The van der Waals surface area contributed by atoms with Crippen molar-refractivity contribution in [3.8, 4) is 11.1 Å². The number of hydrogen-bond acceptors (Lipinski definition) is 5. The first kappa shape index (κ1) is 21.1. The van der Waals surface area contributed by atoms with Gasteiger partial charge in [-0.2, -0.15) is 4.83 Å². The Hall–Kier alpha value is -3.14. The number of aromatic nitrogens is 1. The minimum absolute atomic E-state index is 0.131. The topological polar surface area (TPSA) is 92.6 Å². The second kappa shape index (κ2) is 8.54. The predicted octanol–water partition coefficient (Wildman–Crippen LogP) is 2.22. The standard InChI is InChI=1S/C22H21FN4O3S/c1-13-18-10-21(28)27(2)12-20(18)19-9-14(11-24-26-31(29)30)3-8-17(19)22(25-13)15-4-6-16(23)7-5-15/h3-10,12-13,24,31H,11H2,1-2H3,(H,26,29,30)/t13-/m0/s1. The quantitative estimate of drug-likeness (QED) is 0.419. The molecular weight excluding hydrogens is 419 g/mol. The highest BCUT2D eigenvalue weighted by Gasteiger charge is 2.24. The van der Waals surface area contributed by atoms with E-state index in [1.165, 1.54) is 16.7 Å². The Morgan fingerprint density at radius 3 is 2.52 bits per heavy atom. The normalized spacial score (nSPS) is 15.2. The molecule has 0 fully saturated rings. The van der Waals surface area contributed by atoms with Crippen LogP contribution in [0, 0.1) is 5.82 Å². The number of nitrogens with zero attached hydrogens (tertiary/aromatic N) is 2. The van der Waals surface area contributed by atoms with Crippen LogP contribution < -0.4 is 15.8 Å². The lowest BCUT2D eigenvalue weighted by Gasteiger charge is -2.15. The number of hydrogen-bond donors (Lipinski definition) is 3. The fourth-order valence-electron chi connectivity index (χ4n) is 3.72. The molecule has 4 rings (SSSR count). The number of hydrazine groups is 1. The Morgan fingerprint density at radius 2 is 1.81 bits per heavy atom. The molecule has 1 aliphatic heterocycles. The summed E-state index contributed by atoms with van der Waals surface area (Å²) in [6, 6.07) is 13.2. The lowest BCUT2D eigenvalue weighted by atomic mass is 9.91. The molecule has 2 N–H and O–H groups in total. The molecule has 31 heavy (non-hydrogen) atoms. The van der Waals surface area contributed by atoms with E-state index in [9.17, 15) is 17.6 Å². The van der Waals surface area contributed by atoms with Crippen LogP contribution >= 0.6 is 0 Å². The van der Waals surface area contributed by atoms with Crippen molar-refractivity contribution in [3.63, 3.8) is 0 Å². The van der Waals surface area contributed by atoms with Gasteiger partial charge >= 0.3 is 0 Å². The molecule has 2 heterocycles. The minimum Gasteiger partial charge on any atom is -0.318 e. The number of halogens is 1. The summed E-state index contributed by atoms with van der Waals surface area (Å²) in [5.74, 6) is -0.330. The Balaban J connectivity index is 1.91. The lowest BCUT2D eigenvalue weighted by Crippen LogP contribution is -2.29. The van der Waals surface area contributed by atoms with Crippen LogP contribution in [0.2, 0.25) is 0 Å². The first-order valence-corrected chi connectivity index (χ1v) is 10.8. The molecule has 7 nitrogen and oxygen atoms in total. The average Bonchev–Trinajstić information content (AvgIpc) is 2.84. The van der Waals surface area contributed by atoms with E-state index in [0.29, 0.717) is 5.71 Å². The van der Waals surface area contributed by atoms with Crippen molar-refractivity contribution in [3.05, 3.63) is 93.2 Å². The van der Waals surface area contributed by atoms with Crippen molar-refractivity contribution in [2.24, 2.45) is 12.0 Å². The molecule has 0 saturated heterocycles. The molecule has 0 bridgehead atoms. The largest absolute Gasteiger partial charge is 0.318 e. The van der Waals surface area contributed by atoms with Crippen LogP contribution in [0.15, 0.2) is 64.5 Å². The molecule has 0 aliphatic carbocycles. The molecule has 2 aromatic carbocycles. The number of thiol groups is 1. The molecule has 0 amide bonds. The minimum atomic E-state index is -2.76. The van der Waals surface area contributed by atoms with Gasteiger partial charge in [0.2, 0.25) is 10.9 Å². The van der Waals surface area contributed by atoms with Crippen LogP contribution in [0.3, 0.4) is 0 Å². The maximum absolute atomic E-state index is 13.5. The maximum Gasteiger partial charge on any atom is 0.250 e. The monoisotopic (exact) mass is 440 g/mol. The van der Waals surface area contributed by atoms with E-state index in [-0.39, 0.29) is 24.0 Å². The third-order valence-corrected chi connectivity index (χ3v) is 5.58. The molecule has 0 spiro atoms.